The van der Waals surface area contributed by atoms with Gasteiger partial charge in [0.2, 0.25) is 5.88 Å². The summed E-state index contributed by atoms with van der Waals surface area (Å²) in [5.74, 6) is -0.0936. The molecule has 0 aliphatic rings. The number of ether oxygens (including phenoxy) is 4. The highest BCUT2D eigenvalue weighted by Crippen LogP contribution is 2.36. The molecular formula is C21H25ClF3N3O8S. The van der Waals surface area contributed by atoms with Crippen LogP contribution < -0.4 is 18.9 Å². The number of unbranched alkanes of at least 4 members (excludes halogenated alkanes) is 1. The van der Waals surface area contributed by atoms with Crippen LogP contribution in [-0.4, -0.2) is 58.1 Å². The van der Waals surface area contributed by atoms with Crippen LogP contribution in [0.15, 0.2) is 30.5 Å². The molecule has 0 unspecified atom stereocenters. The Morgan fingerprint density at radius 1 is 1.19 bits per heavy atom. The molecule has 2 rings (SSSR count). The van der Waals surface area contributed by atoms with E-state index in [0.717, 1.165) is 0 Å². The summed E-state index contributed by atoms with van der Waals surface area (Å²) in [6, 6.07) is 4.94. The van der Waals surface area contributed by atoms with Crippen molar-refractivity contribution >= 4 is 27.9 Å². The smallest absolute Gasteiger partial charge is 0.422 e. The molecule has 1 heterocycles. The quantitative estimate of drug-likeness (QED) is 0.290. The number of carbonyl (C=O) groups excluding carboxylic acids is 1. The first kappa shape index (κ1) is 30.4. The number of hydrogen-bond donors (Lipinski definition) is 3. The van der Waals surface area contributed by atoms with Gasteiger partial charge in [-0.05, 0) is 31.0 Å². The van der Waals surface area contributed by atoms with Crippen molar-refractivity contribution in [3.05, 3.63) is 46.6 Å². The van der Waals surface area contributed by atoms with E-state index in [1.54, 1.807) is 4.72 Å². The Labute approximate surface area is 216 Å². The molecule has 0 radical (unpaired) electrons. The molecule has 0 spiro atoms. The van der Waals surface area contributed by atoms with E-state index in [2.05, 4.69) is 9.71 Å². The highest BCUT2D eigenvalue weighted by atomic mass is 35.5. The van der Waals surface area contributed by atoms with Crippen LogP contribution in [0.25, 0.3) is 0 Å². The van der Waals surface area contributed by atoms with Crippen molar-refractivity contribution in [1.82, 2.24) is 14.4 Å². The van der Waals surface area contributed by atoms with Gasteiger partial charge in [0.25, 0.3) is 0 Å². The van der Waals surface area contributed by atoms with Crippen molar-refractivity contribution in [2.24, 2.45) is 0 Å². The number of nitrogens with zero attached hydrogens (tertiary/aromatic N) is 1. The SMILES string of the molecule is COCCOc1ccc(COC(=O)NS(=O)(=O)NCCCCO)c(Oc2ncc(C(F)(F)F)cc2Cl)c1. The number of hydrogen-bond acceptors (Lipinski definition) is 9. The Hall–Kier alpha value is -2.85. The maximum Gasteiger partial charge on any atom is 0.422 e. The number of aliphatic hydroxyl groups excluding tert-OH is 1. The molecule has 0 saturated heterocycles. The summed E-state index contributed by atoms with van der Waals surface area (Å²) < 4.78 is 87.2. The Morgan fingerprint density at radius 3 is 2.59 bits per heavy atom. The normalized spacial score (nSPS) is 11.7. The first-order valence-electron chi connectivity index (χ1n) is 10.7. The van der Waals surface area contributed by atoms with Crippen LogP contribution in [0, 0.1) is 0 Å². The van der Waals surface area contributed by atoms with Gasteiger partial charge < -0.3 is 24.1 Å². The summed E-state index contributed by atoms with van der Waals surface area (Å²) in [4.78, 5) is 15.6. The zero-order valence-corrected chi connectivity index (χ0v) is 21.1. The Morgan fingerprint density at radius 2 is 1.95 bits per heavy atom. The molecule has 0 saturated carbocycles. The van der Waals surface area contributed by atoms with Crippen LogP contribution in [0.2, 0.25) is 5.02 Å². The lowest BCUT2D eigenvalue weighted by atomic mass is 10.2. The standard InChI is InChI=1S/C21H25ClF3N3O8S/c1-33-8-9-34-16-5-4-14(13-35-20(30)28-37(31,32)27-6-2-3-7-29)18(11-16)36-19-17(22)10-15(12-26-19)21(23,24)25/h4-5,10-12,27,29H,2-3,6-9,13H2,1H3,(H,28,30). The van der Waals surface area contributed by atoms with Crippen LogP contribution in [0.5, 0.6) is 17.4 Å². The molecular weight excluding hydrogens is 547 g/mol. The Bertz CT molecular complexity index is 1150. The third kappa shape index (κ3) is 10.6. The van der Waals surface area contributed by atoms with E-state index in [9.17, 15) is 26.4 Å². The third-order valence-electron chi connectivity index (χ3n) is 4.39. The first-order chi connectivity index (χ1) is 17.4. The van der Waals surface area contributed by atoms with Crippen LogP contribution >= 0.6 is 11.6 Å². The lowest BCUT2D eigenvalue weighted by Crippen LogP contribution is -2.40. The van der Waals surface area contributed by atoms with Gasteiger partial charge in [-0.3, -0.25) is 0 Å². The van der Waals surface area contributed by atoms with Gasteiger partial charge in [0.15, 0.2) is 0 Å². The lowest BCUT2D eigenvalue weighted by molar-refractivity contribution is -0.137. The van der Waals surface area contributed by atoms with Crippen molar-refractivity contribution in [2.45, 2.75) is 25.6 Å². The van der Waals surface area contributed by atoms with E-state index in [4.69, 9.17) is 35.7 Å². The number of amides is 1. The van der Waals surface area contributed by atoms with Gasteiger partial charge in [0.05, 0.1) is 12.2 Å². The second kappa shape index (κ2) is 14.2. The fourth-order valence-electron chi connectivity index (χ4n) is 2.60. The molecule has 16 heteroatoms. The summed E-state index contributed by atoms with van der Waals surface area (Å²) >= 11 is 5.92. The van der Waals surface area contributed by atoms with E-state index in [1.807, 2.05) is 0 Å². The van der Waals surface area contributed by atoms with Gasteiger partial charge in [0, 0.05) is 38.1 Å². The number of methoxy groups -OCH3 is 1. The predicted octanol–water partition coefficient (Wildman–Crippen LogP) is 3.40. The molecule has 1 amide bonds. The lowest BCUT2D eigenvalue weighted by Gasteiger charge is -2.15. The van der Waals surface area contributed by atoms with Crippen molar-refractivity contribution in [3.63, 3.8) is 0 Å². The van der Waals surface area contributed by atoms with E-state index in [1.165, 1.54) is 25.3 Å². The number of rotatable bonds is 14. The number of halogens is 4. The van der Waals surface area contributed by atoms with Gasteiger partial charge in [-0.2, -0.15) is 26.3 Å². The largest absolute Gasteiger partial charge is 0.491 e. The number of aromatic nitrogens is 1. The number of aliphatic hydroxyl groups is 1. The summed E-state index contributed by atoms with van der Waals surface area (Å²) in [5.41, 5.74) is -0.881. The average Bonchev–Trinajstić information content (AvgIpc) is 2.82. The monoisotopic (exact) mass is 571 g/mol. The van der Waals surface area contributed by atoms with E-state index in [-0.39, 0.29) is 49.3 Å². The van der Waals surface area contributed by atoms with Crippen LogP contribution in [0.4, 0.5) is 18.0 Å². The number of pyridine rings is 1. The highest BCUT2D eigenvalue weighted by molar-refractivity contribution is 7.88. The number of carbonyl (C=O) groups is 1. The molecule has 206 valence electrons. The van der Waals surface area contributed by atoms with Crippen molar-refractivity contribution < 1.29 is 50.4 Å². The summed E-state index contributed by atoms with van der Waals surface area (Å²) in [6.45, 7) is -0.151. The van der Waals surface area contributed by atoms with Gasteiger partial charge >= 0.3 is 22.5 Å². The molecule has 0 atom stereocenters. The minimum Gasteiger partial charge on any atom is -0.491 e. The molecule has 1 aromatic carbocycles. The first-order valence-corrected chi connectivity index (χ1v) is 12.5. The summed E-state index contributed by atoms with van der Waals surface area (Å²) in [5, 5.41) is 8.29. The zero-order chi connectivity index (χ0) is 27.5. The Kier molecular flexibility index (Phi) is 11.6. The molecule has 1 aromatic heterocycles. The van der Waals surface area contributed by atoms with E-state index >= 15 is 0 Å². The van der Waals surface area contributed by atoms with E-state index in [0.29, 0.717) is 25.1 Å². The molecule has 0 aliphatic carbocycles. The van der Waals surface area contributed by atoms with Crippen LogP contribution in [0.1, 0.15) is 24.0 Å². The molecule has 0 bridgehead atoms. The topological polar surface area (TPSA) is 145 Å². The van der Waals surface area contributed by atoms with E-state index < -0.39 is 39.7 Å². The van der Waals surface area contributed by atoms with Gasteiger partial charge in [-0.25, -0.2) is 14.5 Å². The average molecular weight is 572 g/mol. The zero-order valence-electron chi connectivity index (χ0n) is 19.5. The number of benzene rings is 1. The third-order valence-corrected chi connectivity index (χ3v) is 5.68. The second-order valence-corrected chi connectivity index (χ2v) is 9.14. The van der Waals surface area contributed by atoms with Crippen molar-refractivity contribution in [1.29, 1.82) is 0 Å². The number of alkyl halides is 3. The fourth-order valence-corrected chi connectivity index (χ4v) is 3.57. The summed E-state index contributed by atoms with van der Waals surface area (Å²) in [6.07, 6.45) is -4.69. The molecule has 0 aliphatic heterocycles. The minimum absolute atomic E-state index is 0.00736. The fraction of sp³-hybridized carbons (Fsp3) is 0.429. The van der Waals surface area contributed by atoms with Gasteiger partial charge in [-0.1, -0.05) is 11.6 Å². The molecule has 3 N–H and O–H groups in total. The molecule has 2 aromatic rings. The predicted molar refractivity (Wildman–Crippen MR) is 125 cm³/mol. The molecule has 11 nitrogen and oxygen atoms in total. The number of nitrogens with one attached hydrogen (secondary N) is 2. The van der Waals surface area contributed by atoms with Crippen molar-refractivity contribution in [3.8, 4) is 17.4 Å². The van der Waals surface area contributed by atoms with Crippen LogP contribution in [0.3, 0.4) is 0 Å². The van der Waals surface area contributed by atoms with Crippen molar-refractivity contribution in [2.75, 3.05) is 33.5 Å². The Balaban J connectivity index is 2.16. The minimum atomic E-state index is -4.66. The van der Waals surface area contributed by atoms with Gasteiger partial charge in [0.1, 0.15) is 29.7 Å². The van der Waals surface area contributed by atoms with Gasteiger partial charge in [-0.15, -0.1) is 0 Å². The molecule has 0 fully saturated rings. The van der Waals surface area contributed by atoms with Crippen LogP contribution in [-0.2, 0) is 32.5 Å². The maximum atomic E-state index is 12.9. The second-order valence-electron chi connectivity index (χ2n) is 7.23. The molecule has 37 heavy (non-hydrogen) atoms. The highest BCUT2D eigenvalue weighted by Gasteiger charge is 2.32. The summed E-state index contributed by atoms with van der Waals surface area (Å²) in [7, 11) is -2.73. The maximum absolute atomic E-state index is 12.9.